The molecular weight excluding hydrogens is 487 g/mol. The van der Waals surface area contributed by atoms with Crippen LogP contribution in [0.2, 0.25) is 0 Å². The molecular formula is C21H24F2IN5. The fourth-order valence-electron chi connectivity index (χ4n) is 3.00. The fourth-order valence-corrected chi connectivity index (χ4v) is 3.00. The number of nitrogens with one attached hydrogen (secondary N) is 2. The summed E-state index contributed by atoms with van der Waals surface area (Å²) in [5.74, 6) is -0.439. The predicted octanol–water partition coefficient (Wildman–Crippen LogP) is 4.25. The number of hydrogen-bond acceptors (Lipinski definition) is 2. The van der Waals surface area contributed by atoms with Crippen molar-refractivity contribution in [3.63, 3.8) is 0 Å². The van der Waals surface area contributed by atoms with Crippen LogP contribution < -0.4 is 10.6 Å². The molecule has 0 saturated heterocycles. The highest BCUT2D eigenvalue weighted by atomic mass is 127. The van der Waals surface area contributed by atoms with Crippen molar-refractivity contribution in [2.24, 2.45) is 4.99 Å². The van der Waals surface area contributed by atoms with Crippen molar-refractivity contribution in [1.29, 1.82) is 0 Å². The first-order chi connectivity index (χ1) is 13.5. The second-order valence-corrected chi connectivity index (χ2v) is 6.48. The Balaban J connectivity index is 0.00000300. The van der Waals surface area contributed by atoms with E-state index in [4.69, 9.17) is 0 Å². The zero-order valence-corrected chi connectivity index (χ0v) is 18.9. The number of guanidine groups is 1. The molecule has 0 unspecified atom stereocenters. The van der Waals surface area contributed by atoms with Crippen LogP contribution in [0, 0.1) is 25.5 Å². The Kier molecular flexibility index (Phi) is 8.12. The number of nitrogens with zero attached hydrogens (tertiary/aromatic N) is 3. The molecule has 1 aromatic heterocycles. The van der Waals surface area contributed by atoms with Crippen LogP contribution in [0.4, 0.5) is 8.78 Å². The van der Waals surface area contributed by atoms with E-state index in [1.807, 2.05) is 48.9 Å². The third kappa shape index (κ3) is 5.75. The van der Waals surface area contributed by atoms with E-state index in [0.717, 1.165) is 34.8 Å². The SMILES string of the molecule is CN=C(NCc1cc(F)ccc1F)NCc1ccccc1-n1nc(C)cc1C.I. The van der Waals surface area contributed by atoms with Crippen molar-refractivity contribution in [3.8, 4) is 5.69 Å². The van der Waals surface area contributed by atoms with Crippen molar-refractivity contribution in [2.75, 3.05) is 7.05 Å². The minimum atomic E-state index is -0.472. The average molecular weight is 511 g/mol. The van der Waals surface area contributed by atoms with Crippen LogP contribution in [-0.4, -0.2) is 22.8 Å². The molecule has 0 aliphatic carbocycles. The molecule has 0 amide bonds. The number of halogens is 3. The third-order valence-corrected chi connectivity index (χ3v) is 4.35. The maximum Gasteiger partial charge on any atom is 0.191 e. The van der Waals surface area contributed by atoms with Gasteiger partial charge in [0.2, 0.25) is 0 Å². The van der Waals surface area contributed by atoms with Crippen molar-refractivity contribution >= 4 is 29.9 Å². The van der Waals surface area contributed by atoms with Crippen LogP contribution in [0.15, 0.2) is 53.5 Å². The lowest BCUT2D eigenvalue weighted by Crippen LogP contribution is -2.36. The van der Waals surface area contributed by atoms with E-state index < -0.39 is 11.6 Å². The summed E-state index contributed by atoms with van der Waals surface area (Å²) in [6.07, 6.45) is 0. The van der Waals surface area contributed by atoms with Gasteiger partial charge in [0, 0.05) is 31.4 Å². The normalized spacial score (nSPS) is 11.1. The molecule has 0 aliphatic heterocycles. The Morgan fingerprint density at radius 2 is 1.69 bits per heavy atom. The summed E-state index contributed by atoms with van der Waals surface area (Å²) in [6.45, 7) is 4.60. The van der Waals surface area contributed by atoms with Gasteiger partial charge in [-0.2, -0.15) is 5.10 Å². The first-order valence-electron chi connectivity index (χ1n) is 8.98. The van der Waals surface area contributed by atoms with Crippen LogP contribution in [0.5, 0.6) is 0 Å². The minimum Gasteiger partial charge on any atom is -0.352 e. The van der Waals surface area contributed by atoms with Crippen molar-refractivity contribution in [1.82, 2.24) is 20.4 Å². The van der Waals surface area contributed by atoms with Gasteiger partial charge >= 0.3 is 0 Å². The summed E-state index contributed by atoms with van der Waals surface area (Å²) in [7, 11) is 1.63. The van der Waals surface area contributed by atoms with Crippen LogP contribution in [-0.2, 0) is 13.1 Å². The Labute approximate surface area is 186 Å². The first-order valence-corrected chi connectivity index (χ1v) is 8.98. The first kappa shape index (κ1) is 22.8. The number of hydrogen-bond donors (Lipinski definition) is 2. The zero-order chi connectivity index (χ0) is 20.1. The van der Waals surface area contributed by atoms with Gasteiger partial charge in [0.15, 0.2) is 5.96 Å². The summed E-state index contributed by atoms with van der Waals surface area (Å²) in [5, 5.41) is 10.8. The molecule has 154 valence electrons. The van der Waals surface area contributed by atoms with Gasteiger partial charge < -0.3 is 10.6 Å². The monoisotopic (exact) mass is 511 g/mol. The average Bonchev–Trinajstić information content (AvgIpc) is 3.02. The largest absolute Gasteiger partial charge is 0.352 e. The molecule has 0 fully saturated rings. The van der Waals surface area contributed by atoms with Gasteiger partial charge in [-0.15, -0.1) is 24.0 Å². The van der Waals surface area contributed by atoms with E-state index in [1.165, 1.54) is 6.07 Å². The Morgan fingerprint density at radius 1 is 1.00 bits per heavy atom. The summed E-state index contributed by atoms with van der Waals surface area (Å²) in [6, 6.07) is 13.4. The quantitative estimate of drug-likeness (QED) is 0.306. The number of aromatic nitrogens is 2. The fraction of sp³-hybridized carbons (Fsp3) is 0.238. The maximum absolute atomic E-state index is 13.8. The van der Waals surface area contributed by atoms with Crippen molar-refractivity contribution in [2.45, 2.75) is 26.9 Å². The minimum absolute atomic E-state index is 0. The molecule has 2 N–H and O–H groups in total. The maximum atomic E-state index is 13.8. The van der Waals surface area contributed by atoms with Crippen LogP contribution in [0.1, 0.15) is 22.5 Å². The molecule has 2 aromatic carbocycles. The second-order valence-electron chi connectivity index (χ2n) is 6.48. The van der Waals surface area contributed by atoms with Crippen LogP contribution >= 0.6 is 24.0 Å². The number of para-hydroxylation sites is 1. The smallest absolute Gasteiger partial charge is 0.191 e. The van der Waals surface area contributed by atoms with Gasteiger partial charge in [-0.1, -0.05) is 18.2 Å². The molecule has 0 radical (unpaired) electrons. The van der Waals surface area contributed by atoms with Gasteiger partial charge in [-0.25, -0.2) is 13.5 Å². The number of benzene rings is 2. The molecule has 0 spiro atoms. The van der Waals surface area contributed by atoms with Gasteiger partial charge in [-0.05, 0) is 49.7 Å². The molecule has 0 atom stereocenters. The van der Waals surface area contributed by atoms with Gasteiger partial charge in [-0.3, -0.25) is 4.99 Å². The number of aliphatic imine (C=N–C) groups is 1. The summed E-state index contributed by atoms with van der Waals surface area (Å²) in [4.78, 5) is 4.15. The van der Waals surface area contributed by atoms with Gasteiger partial charge in [0.25, 0.3) is 0 Å². The summed E-state index contributed by atoms with van der Waals surface area (Å²) >= 11 is 0. The summed E-state index contributed by atoms with van der Waals surface area (Å²) in [5.41, 5.74) is 4.26. The van der Waals surface area contributed by atoms with Crippen LogP contribution in [0.25, 0.3) is 5.69 Å². The van der Waals surface area contributed by atoms with E-state index in [0.29, 0.717) is 12.5 Å². The number of rotatable bonds is 5. The summed E-state index contributed by atoms with van der Waals surface area (Å²) < 4.78 is 29.0. The highest BCUT2D eigenvalue weighted by molar-refractivity contribution is 14.0. The van der Waals surface area contributed by atoms with Crippen LogP contribution in [0.3, 0.4) is 0 Å². The molecule has 3 rings (SSSR count). The van der Waals surface area contributed by atoms with E-state index in [2.05, 4.69) is 20.7 Å². The highest BCUT2D eigenvalue weighted by Crippen LogP contribution is 2.17. The van der Waals surface area contributed by atoms with Gasteiger partial charge in [0.1, 0.15) is 11.6 Å². The van der Waals surface area contributed by atoms with Gasteiger partial charge in [0.05, 0.1) is 11.4 Å². The molecule has 5 nitrogen and oxygen atoms in total. The zero-order valence-electron chi connectivity index (χ0n) is 16.5. The lowest BCUT2D eigenvalue weighted by Gasteiger charge is -2.15. The van der Waals surface area contributed by atoms with Crippen molar-refractivity contribution < 1.29 is 8.78 Å². The van der Waals surface area contributed by atoms with E-state index in [1.54, 1.807) is 7.05 Å². The number of aryl methyl sites for hydroxylation is 2. The topological polar surface area (TPSA) is 54.2 Å². The molecule has 29 heavy (non-hydrogen) atoms. The predicted molar refractivity (Wildman–Crippen MR) is 122 cm³/mol. The molecule has 1 heterocycles. The lowest BCUT2D eigenvalue weighted by atomic mass is 10.1. The Bertz CT molecular complexity index is 1000. The lowest BCUT2D eigenvalue weighted by molar-refractivity contribution is 0.581. The molecule has 0 saturated carbocycles. The third-order valence-electron chi connectivity index (χ3n) is 4.35. The van der Waals surface area contributed by atoms with Crippen molar-refractivity contribution in [3.05, 3.63) is 82.7 Å². The standard InChI is InChI=1S/C21H23F2N5.HI/c1-14-10-15(2)28(27-14)20-7-5-4-6-16(20)12-25-21(24-3)26-13-17-11-18(22)8-9-19(17)23;/h4-11H,12-13H2,1-3H3,(H2,24,25,26);1H. The highest BCUT2D eigenvalue weighted by Gasteiger charge is 2.10. The van der Waals surface area contributed by atoms with E-state index in [-0.39, 0.29) is 36.1 Å². The Hall–Kier alpha value is -2.49. The molecule has 3 aromatic rings. The Morgan fingerprint density at radius 3 is 2.34 bits per heavy atom. The molecule has 0 bridgehead atoms. The van der Waals surface area contributed by atoms with E-state index in [9.17, 15) is 8.78 Å². The molecule has 0 aliphatic rings. The molecule has 8 heteroatoms. The van der Waals surface area contributed by atoms with E-state index >= 15 is 0 Å². The second kappa shape index (κ2) is 10.3.